The molecule has 7 heteroatoms. The third-order valence-electron chi connectivity index (χ3n) is 2.25. The third kappa shape index (κ3) is 7.40. The summed E-state index contributed by atoms with van der Waals surface area (Å²) in [6, 6.07) is 0. The van der Waals surface area contributed by atoms with E-state index in [0.717, 1.165) is 0 Å². The molecule has 0 fully saturated rings. The number of carbonyl (C=O) groups excluding carboxylic acids is 2. The maximum atomic E-state index is 12.3. The molecule has 0 rings (SSSR count). The van der Waals surface area contributed by atoms with Crippen molar-refractivity contribution in [3.05, 3.63) is 0 Å². The average Bonchev–Trinajstić information content (AvgIpc) is 2.24. The number of nitrogens with two attached hydrogens (primary N) is 2. The molecule has 0 aliphatic carbocycles. The monoisotopic (exact) mass is 303 g/mol. The van der Waals surface area contributed by atoms with E-state index in [1.54, 1.807) is 41.5 Å². The normalized spacial score (nSPS) is 13.0. The predicted octanol–water partition coefficient (Wildman–Crippen LogP) is -0.0844. The van der Waals surface area contributed by atoms with Crippen LogP contribution in [-0.4, -0.2) is 48.3 Å². The van der Waals surface area contributed by atoms with Crippen LogP contribution in [0.3, 0.4) is 0 Å². The minimum atomic E-state index is -1.91. The molecule has 0 aliphatic heterocycles. The highest BCUT2D eigenvalue weighted by atomic mass is 16.6. The van der Waals surface area contributed by atoms with Crippen LogP contribution >= 0.6 is 0 Å². The fourth-order valence-corrected chi connectivity index (χ4v) is 1.35. The van der Waals surface area contributed by atoms with Gasteiger partial charge in [-0.1, -0.05) is 0 Å². The Kier molecular flexibility index (Phi) is 6.79. The van der Waals surface area contributed by atoms with Crippen LogP contribution in [0, 0.1) is 0 Å². The summed E-state index contributed by atoms with van der Waals surface area (Å²) in [5, 5.41) is 2.86. The molecule has 0 saturated heterocycles. The first kappa shape index (κ1) is 19.8. The highest BCUT2D eigenvalue weighted by Crippen LogP contribution is 2.17. The van der Waals surface area contributed by atoms with Gasteiger partial charge in [-0.25, -0.2) is 9.59 Å². The van der Waals surface area contributed by atoms with Gasteiger partial charge in [0.1, 0.15) is 11.2 Å². The zero-order chi connectivity index (χ0) is 16.9. The molecule has 0 aromatic carbocycles. The quantitative estimate of drug-likeness (QED) is 0.357. The van der Waals surface area contributed by atoms with Crippen molar-refractivity contribution in [2.75, 3.05) is 19.6 Å². The molecule has 0 spiro atoms. The van der Waals surface area contributed by atoms with Crippen LogP contribution in [-0.2, 0) is 19.1 Å². The van der Waals surface area contributed by atoms with Crippen LogP contribution in [0.5, 0.6) is 0 Å². The highest BCUT2D eigenvalue weighted by molar-refractivity contribution is 6.05. The summed E-state index contributed by atoms with van der Waals surface area (Å²) in [7, 11) is 0. The lowest BCUT2D eigenvalue weighted by Gasteiger charge is -2.32. The van der Waals surface area contributed by atoms with Crippen molar-refractivity contribution in [3.63, 3.8) is 0 Å². The largest absolute Gasteiger partial charge is 0.458 e. The second-order valence-corrected chi connectivity index (χ2v) is 6.94. The Bertz CT molecular complexity index is 341. The molecule has 0 unspecified atom stereocenters. The molecule has 0 aliphatic rings. The van der Waals surface area contributed by atoms with E-state index in [1.807, 2.05) is 0 Å². The van der Waals surface area contributed by atoms with Crippen molar-refractivity contribution in [2.24, 2.45) is 11.5 Å². The molecule has 7 nitrogen and oxygen atoms in total. The van der Waals surface area contributed by atoms with Crippen LogP contribution in [0.1, 0.15) is 41.5 Å². The van der Waals surface area contributed by atoms with Crippen molar-refractivity contribution < 1.29 is 19.1 Å². The maximum absolute atomic E-state index is 12.3. The van der Waals surface area contributed by atoms with Crippen LogP contribution in [0.2, 0.25) is 0 Å². The SMILES string of the molecule is CC(C)(C)OC(=O)C(N)(CNCCN)C(=O)OC(C)(C)C. The Morgan fingerprint density at radius 1 is 0.952 bits per heavy atom. The van der Waals surface area contributed by atoms with Crippen molar-refractivity contribution in [1.82, 2.24) is 5.32 Å². The van der Waals surface area contributed by atoms with Gasteiger partial charge >= 0.3 is 11.9 Å². The minimum absolute atomic E-state index is 0.103. The summed E-state index contributed by atoms with van der Waals surface area (Å²) in [6.07, 6.45) is 0. The summed E-state index contributed by atoms with van der Waals surface area (Å²) >= 11 is 0. The standard InChI is InChI=1S/C14H29N3O4/c1-12(2,3)20-10(18)14(16,9-17-8-7-15)11(19)21-13(4,5)6/h17H,7-9,15-16H2,1-6H3. The molecule has 0 aromatic rings. The Balaban J connectivity index is 5.16. The van der Waals surface area contributed by atoms with Gasteiger partial charge in [-0.2, -0.15) is 0 Å². The van der Waals surface area contributed by atoms with Crippen molar-refractivity contribution in [3.8, 4) is 0 Å². The molecule has 124 valence electrons. The Labute approximate surface area is 126 Å². The van der Waals surface area contributed by atoms with E-state index in [2.05, 4.69) is 5.32 Å². The number of hydrogen-bond acceptors (Lipinski definition) is 7. The molecule has 21 heavy (non-hydrogen) atoms. The maximum Gasteiger partial charge on any atom is 0.339 e. The topological polar surface area (TPSA) is 117 Å². The summed E-state index contributed by atoms with van der Waals surface area (Å²) in [5.41, 5.74) is 7.95. The van der Waals surface area contributed by atoms with Crippen molar-refractivity contribution >= 4 is 11.9 Å². The van der Waals surface area contributed by atoms with E-state index >= 15 is 0 Å². The number of carbonyl (C=O) groups is 2. The molecule has 0 radical (unpaired) electrons. The van der Waals surface area contributed by atoms with E-state index in [9.17, 15) is 9.59 Å². The van der Waals surface area contributed by atoms with Crippen LogP contribution in [0.4, 0.5) is 0 Å². The fourth-order valence-electron chi connectivity index (χ4n) is 1.35. The highest BCUT2D eigenvalue weighted by Gasteiger charge is 2.47. The molecular formula is C14H29N3O4. The molecule has 5 N–H and O–H groups in total. The van der Waals surface area contributed by atoms with Gasteiger partial charge in [0.15, 0.2) is 0 Å². The van der Waals surface area contributed by atoms with E-state index in [1.165, 1.54) is 0 Å². The van der Waals surface area contributed by atoms with E-state index in [4.69, 9.17) is 20.9 Å². The van der Waals surface area contributed by atoms with Gasteiger partial charge in [-0.3, -0.25) is 0 Å². The summed E-state index contributed by atoms with van der Waals surface area (Å²) < 4.78 is 10.5. The fraction of sp³-hybridized carbons (Fsp3) is 0.857. The Morgan fingerprint density at radius 2 is 1.33 bits per heavy atom. The van der Waals surface area contributed by atoms with Crippen molar-refractivity contribution in [1.29, 1.82) is 0 Å². The summed E-state index contributed by atoms with van der Waals surface area (Å²) in [4.78, 5) is 24.6. The smallest absolute Gasteiger partial charge is 0.339 e. The molecular weight excluding hydrogens is 274 g/mol. The number of nitrogens with one attached hydrogen (secondary N) is 1. The Morgan fingerprint density at radius 3 is 1.62 bits per heavy atom. The lowest BCUT2D eigenvalue weighted by Crippen LogP contribution is -2.64. The molecule has 0 heterocycles. The van der Waals surface area contributed by atoms with Crippen molar-refractivity contribution in [2.45, 2.75) is 58.3 Å². The van der Waals surface area contributed by atoms with Gasteiger partial charge in [-0.05, 0) is 41.5 Å². The van der Waals surface area contributed by atoms with E-state index < -0.39 is 28.7 Å². The van der Waals surface area contributed by atoms with Crippen LogP contribution in [0.15, 0.2) is 0 Å². The molecule has 0 aromatic heterocycles. The van der Waals surface area contributed by atoms with E-state index in [0.29, 0.717) is 13.1 Å². The second-order valence-electron chi connectivity index (χ2n) is 6.94. The van der Waals surface area contributed by atoms with Crippen LogP contribution in [0.25, 0.3) is 0 Å². The van der Waals surface area contributed by atoms with Gasteiger partial charge < -0.3 is 26.3 Å². The van der Waals surface area contributed by atoms with Crippen LogP contribution < -0.4 is 16.8 Å². The van der Waals surface area contributed by atoms with Gasteiger partial charge in [-0.15, -0.1) is 0 Å². The average molecular weight is 303 g/mol. The zero-order valence-electron chi connectivity index (χ0n) is 13.9. The predicted molar refractivity (Wildman–Crippen MR) is 80.5 cm³/mol. The Hall–Kier alpha value is -1.18. The molecule has 0 atom stereocenters. The lowest BCUT2D eigenvalue weighted by atomic mass is 10.00. The number of ether oxygens (including phenoxy) is 2. The second kappa shape index (κ2) is 7.20. The minimum Gasteiger partial charge on any atom is -0.458 e. The summed E-state index contributed by atoms with van der Waals surface area (Å²) in [5.74, 6) is -1.65. The molecule has 0 amide bonds. The lowest BCUT2D eigenvalue weighted by molar-refractivity contribution is -0.176. The first-order valence-electron chi connectivity index (χ1n) is 6.98. The molecule has 0 saturated carbocycles. The first-order chi connectivity index (χ1) is 9.32. The molecule has 0 bridgehead atoms. The zero-order valence-corrected chi connectivity index (χ0v) is 13.9. The van der Waals surface area contributed by atoms with Gasteiger partial charge in [0.25, 0.3) is 0 Å². The number of esters is 2. The number of rotatable bonds is 6. The van der Waals surface area contributed by atoms with Gasteiger partial charge in [0.2, 0.25) is 5.54 Å². The van der Waals surface area contributed by atoms with Gasteiger partial charge in [0, 0.05) is 19.6 Å². The first-order valence-corrected chi connectivity index (χ1v) is 6.98. The van der Waals surface area contributed by atoms with Gasteiger partial charge in [0.05, 0.1) is 0 Å². The summed E-state index contributed by atoms with van der Waals surface area (Å²) in [6.45, 7) is 10.9. The van der Waals surface area contributed by atoms with E-state index in [-0.39, 0.29) is 6.54 Å². The number of hydrogen-bond donors (Lipinski definition) is 3. The third-order valence-corrected chi connectivity index (χ3v) is 2.25.